The van der Waals surface area contributed by atoms with Gasteiger partial charge in [0.15, 0.2) is 0 Å². The van der Waals surface area contributed by atoms with Crippen LogP contribution in [0.25, 0.3) is 86.3 Å². The van der Waals surface area contributed by atoms with Crippen LogP contribution in [-0.2, 0) is 0 Å². The molecular formula is C43H25N3S. The smallest absolute Gasteiger partial charge is 0.0991 e. The van der Waals surface area contributed by atoms with Crippen molar-refractivity contribution in [2.75, 3.05) is 0 Å². The molecule has 3 aromatic heterocycles. The molecule has 0 bridgehead atoms. The summed E-state index contributed by atoms with van der Waals surface area (Å²) in [6.45, 7) is 0. The molecular weight excluding hydrogens is 591 g/mol. The van der Waals surface area contributed by atoms with E-state index in [1.165, 1.54) is 42.0 Å². The number of fused-ring (bicyclic) bond motifs is 9. The lowest BCUT2D eigenvalue weighted by Crippen LogP contribution is -2.01. The summed E-state index contributed by atoms with van der Waals surface area (Å²) in [5.41, 5.74) is 9.80. The molecule has 47 heavy (non-hydrogen) atoms. The summed E-state index contributed by atoms with van der Waals surface area (Å²) < 4.78 is 7.41. The van der Waals surface area contributed by atoms with Crippen molar-refractivity contribution in [2.45, 2.75) is 0 Å². The van der Waals surface area contributed by atoms with E-state index in [1.54, 1.807) is 0 Å². The molecule has 0 saturated heterocycles. The molecule has 10 rings (SSSR count). The van der Waals surface area contributed by atoms with Crippen LogP contribution < -0.4 is 0 Å². The fourth-order valence-corrected chi connectivity index (χ4v) is 8.66. The molecule has 0 fully saturated rings. The lowest BCUT2D eigenvalue weighted by molar-refractivity contribution is 1.16. The van der Waals surface area contributed by atoms with Crippen LogP contribution in [-0.4, -0.2) is 9.13 Å². The standard InChI is InChI=1S/C43H25N3S/c44-26-27-21-22-40-33(23-27)30-13-3-8-18-38(30)45(40)36-16-6-1-11-28(36)29-12-2-7-17-37(29)46-39-19-9-4-14-31(39)34-24-35-32-15-5-10-20-42(32)47-43(35)25-41(34)46/h1-25H. The molecule has 0 spiro atoms. The average molecular weight is 616 g/mol. The van der Waals surface area contributed by atoms with Crippen LogP contribution in [0.2, 0.25) is 0 Å². The number of nitriles is 1. The Morgan fingerprint density at radius 3 is 1.62 bits per heavy atom. The van der Waals surface area contributed by atoms with Crippen molar-refractivity contribution < 1.29 is 0 Å². The van der Waals surface area contributed by atoms with Gasteiger partial charge in [0.1, 0.15) is 0 Å². The average Bonchev–Trinajstić information content (AvgIpc) is 3.77. The zero-order valence-corrected chi connectivity index (χ0v) is 26.0. The zero-order chi connectivity index (χ0) is 31.1. The lowest BCUT2D eigenvalue weighted by Gasteiger charge is -2.18. The summed E-state index contributed by atoms with van der Waals surface area (Å²) in [7, 11) is 0. The quantitative estimate of drug-likeness (QED) is 0.195. The van der Waals surface area contributed by atoms with Gasteiger partial charge in [-0.3, -0.25) is 0 Å². The van der Waals surface area contributed by atoms with Gasteiger partial charge < -0.3 is 9.13 Å². The number of hydrogen-bond acceptors (Lipinski definition) is 2. The number of thiophene rings is 1. The van der Waals surface area contributed by atoms with E-state index in [0.29, 0.717) is 5.56 Å². The van der Waals surface area contributed by atoms with Gasteiger partial charge in [-0.25, -0.2) is 0 Å². The molecule has 0 aliphatic carbocycles. The first-order valence-corrected chi connectivity index (χ1v) is 16.6. The summed E-state index contributed by atoms with van der Waals surface area (Å²) >= 11 is 1.86. The molecule has 0 aliphatic rings. The second-order valence-corrected chi connectivity index (χ2v) is 13.1. The Morgan fingerprint density at radius 2 is 0.936 bits per heavy atom. The summed E-state index contributed by atoms with van der Waals surface area (Å²) in [6, 6.07) is 56.6. The van der Waals surface area contributed by atoms with Gasteiger partial charge in [0.2, 0.25) is 0 Å². The third kappa shape index (κ3) is 3.72. The Balaban J connectivity index is 1.28. The molecule has 7 aromatic carbocycles. The Hall–Kier alpha value is -6.15. The minimum atomic E-state index is 0.665. The highest BCUT2D eigenvalue weighted by molar-refractivity contribution is 7.25. The van der Waals surface area contributed by atoms with E-state index in [9.17, 15) is 5.26 Å². The van der Waals surface area contributed by atoms with E-state index in [-0.39, 0.29) is 0 Å². The minimum Gasteiger partial charge on any atom is -0.309 e. The van der Waals surface area contributed by atoms with Crippen molar-refractivity contribution in [3.63, 3.8) is 0 Å². The summed E-state index contributed by atoms with van der Waals surface area (Å²) in [4.78, 5) is 0. The Kier molecular flexibility index (Phi) is 5.51. The first-order valence-electron chi connectivity index (χ1n) is 15.8. The van der Waals surface area contributed by atoms with Gasteiger partial charge in [0.25, 0.3) is 0 Å². The third-order valence-corrected chi connectivity index (χ3v) is 10.7. The van der Waals surface area contributed by atoms with Crippen molar-refractivity contribution >= 4 is 75.1 Å². The first kappa shape index (κ1) is 26.1. The monoisotopic (exact) mass is 615 g/mol. The highest BCUT2D eigenvalue weighted by Crippen LogP contribution is 2.43. The second-order valence-electron chi connectivity index (χ2n) is 12.0. The number of para-hydroxylation sites is 4. The molecule has 0 saturated carbocycles. The van der Waals surface area contributed by atoms with E-state index in [2.05, 4.69) is 155 Å². The SMILES string of the molecule is N#Cc1ccc2c(c1)c1ccccc1n2-c1ccccc1-c1ccccc1-n1c2ccccc2c2cc3c(cc21)sc1ccccc13. The molecule has 4 heteroatoms. The van der Waals surface area contributed by atoms with Gasteiger partial charge >= 0.3 is 0 Å². The van der Waals surface area contributed by atoms with Crippen molar-refractivity contribution in [3.05, 3.63) is 157 Å². The van der Waals surface area contributed by atoms with Gasteiger partial charge in [0, 0.05) is 52.8 Å². The first-order chi connectivity index (χ1) is 23.3. The maximum Gasteiger partial charge on any atom is 0.0991 e. The molecule has 3 heterocycles. The fourth-order valence-electron chi connectivity index (χ4n) is 7.54. The number of nitrogens with zero attached hydrogens (tertiary/aromatic N) is 3. The third-order valence-electron chi connectivity index (χ3n) is 9.55. The highest BCUT2D eigenvalue weighted by Gasteiger charge is 2.20. The van der Waals surface area contributed by atoms with Crippen LogP contribution in [0.5, 0.6) is 0 Å². The van der Waals surface area contributed by atoms with E-state index >= 15 is 0 Å². The maximum atomic E-state index is 9.69. The van der Waals surface area contributed by atoms with Gasteiger partial charge in [-0.15, -0.1) is 11.3 Å². The molecule has 0 N–H and O–H groups in total. The Labute approximate surface area is 274 Å². The van der Waals surface area contributed by atoms with Gasteiger partial charge in [-0.05, 0) is 60.7 Å². The van der Waals surface area contributed by atoms with E-state index < -0.39 is 0 Å². The second kappa shape index (κ2) is 9.92. The molecule has 0 amide bonds. The highest BCUT2D eigenvalue weighted by atomic mass is 32.1. The number of hydrogen-bond donors (Lipinski definition) is 0. The van der Waals surface area contributed by atoms with Gasteiger partial charge in [-0.2, -0.15) is 5.26 Å². The number of benzene rings is 7. The van der Waals surface area contributed by atoms with Crippen LogP contribution >= 0.6 is 11.3 Å². The fraction of sp³-hybridized carbons (Fsp3) is 0. The van der Waals surface area contributed by atoms with Crippen LogP contribution in [0.15, 0.2) is 152 Å². The van der Waals surface area contributed by atoms with Crippen LogP contribution in [0.4, 0.5) is 0 Å². The van der Waals surface area contributed by atoms with Gasteiger partial charge in [0.05, 0.1) is 45.1 Å². The number of aromatic nitrogens is 2. The van der Waals surface area contributed by atoms with Crippen molar-refractivity contribution in [1.82, 2.24) is 9.13 Å². The van der Waals surface area contributed by atoms with Crippen molar-refractivity contribution in [2.24, 2.45) is 0 Å². The zero-order valence-electron chi connectivity index (χ0n) is 25.2. The van der Waals surface area contributed by atoms with E-state index in [0.717, 1.165) is 44.3 Å². The Morgan fingerprint density at radius 1 is 0.404 bits per heavy atom. The predicted molar refractivity (Wildman–Crippen MR) is 198 cm³/mol. The Bertz CT molecular complexity index is 2930. The van der Waals surface area contributed by atoms with Crippen LogP contribution in [0, 0.1) is 11.3 Å². The molecule has 0 radical (unpaired) electrons. The topological polar surface area (TPSA) is 33.6 Å². The largest absolute Gasteiger partial charge is 0.309 e. The molecule has 10 aromatic rings. The lowest BCUT2D eigenvalue weighted by atomic mass is 10.0. The van der Waals surface area contributed by atoms with Gasteiger partial charge in [-0.1, -0.05) is 91.0 Å². The van der Waals surface area contributed by atoms with E-state index in [1.807, 2.05) is 23.5 Å². The van der Waals surface area contributed by atoms with Crippen molar-refractivity contribution in [1.29, 1.82) is 5.26 Å². The van der Waals surface area contributed by atoms with Crippen molar-refractivity contribution in [3.8, 4) is 28.6 Å². The van der Waals surface area contributed by atoms with Crippen LogP contribution in [0.3, 0.4) is 0 Å². The summed E-state index contributed by atoms with van der Waals surface area (Å²) in [5.74, 6) is 0. The molecule has 0 unspecified atom stereocenters. The molecule has 3 nitrogen and oxygen atoms in total. The predicted octanol–water partition coefficient (Wildman–Crippen LogP) is 11.8. The number of rotatable bonds is 3. The summed E-state index contributed by atoms with van der Waals surface area (Å²) in [6.07, 6.45) is 0. The molecule has 218 valence electrons. The molecule has 0 atom stereocenters. The van der Waals surface area contributed by atoms with Crippen LogP contribution in [0.1, 0.15) is 5.56 Å². The molecule has 0 aliphatic heterocycles. The van der Waals surface area contributed by atoms with E-state index in [4.69, 9.17) is 0 Å². The normalized spacial score (nSPS) is 11.8. The summed E-state index contributed by atoms with van der Waals surface area (Å²) in [5, 5.41) is 17.0. The minimum absolute atomic E-state index is 0.665. The maximum absolute atomic E-state index is 9.69.